The Bertz CT molecular complexity index is 354. The molecule has 1 aromatic carbocycles. The van der Waals surface area contributed by atoms with E-state index >= 15 is 0 Å². The van der Waals surface area contributed by atoms with Crippen LogP contribution < -0.4 is 0 Å². The van der Waals surface area contributed by atoms with Crippen LogP contribution in [-0.4, -0.2) is 11.2 Å². The molecular weight excluding hydrogens is 239 g/mol. The lowest BCUT2D eigenvalue weighted by molar-refractivity contribution is 0.111. The van der Waals surface area contributed by atoms with Crippen molar-refractivity contribution in [2.75, 3.05) is 0 Å². The molecule has 0 aliphatic carbocycles. The normalized spacial score (nSPS) is 14.6. The third kappa shape index (κ3) is 4.64. The molecule has 96 valence electrons. The van der Waals surface area contributed by atoms with Gasteiger partial charge in [0.25, 0.3) is 0 Å². The summed E-state index contributed by atoms with van der Waals surface area (Å²) >= 11 is 5.61. The molecule has 1 N–H and O–H groups in total. The van der Waals surface area contributed by atoms with E-state index in [0.29, 0.717) is 6.42 Å². The molecule has 0 saturated carbocycles. The number of aliphatic hydroxyl groups excluding tert-OH is 1. The number of halogens is 2. The predicted octanol–water partition coefficient (Wildman–Crippen LogP) is 4.21. The fraction of sp³-hybridized carbons (Fsp3) is 0.571. The fourth-order valence-electron chi connectivity index (χ4n) is 1.83. The van der Waals surface area contributed by atoms with Crippen LogP contribution in [0.5, 0.6) is 0 Å². The lowest BCUT2D eigenvalue weighted by Gasteiger charge is -2.18. The van der Waals surface area contributed by atoms with Crippen LogP contribution in [0.3, 0.4) is 0 Å². The zero-order valence-electron chi connectivity index (χ0n) is 10.4. The third-order valence-corrected chi connectivity index (χ3v) is 3.41. The first-order valence-corrected chi connectivity index (χ1v) is 6.54. The lowest BCUT2D eigenvalue weighted by atomic mass is 9.93. The number of hydrogen-bond acceptors (Lipinski definition) is 1. The minimum atomic E-state index is -0.419. The molecule has 2 atom stereocenters. The van der Waals surface area contributed by atoms with Crippen LogP contribution in [0.4, 0.5) is 4.39 Å². The van der Waals surface area contributed by atoms with E-state index in [1.807, 2.05) is 6.92 Å². The third-order valence-electron chi connectivity index (χ3n) is 3.10. The molecule has 0 amide bonds. The summed E-state index contributed by atoms with van der Waals surface area (Å²) in [6.07, 6.45) is 3.33. The molecule has 1 rings (SSSR count). The smallest absolute Gasteiger partial charge is 0.142 e. The number of aliphatic hydroxyl groups is 1. The van der Waals surface area contributed by atoms with Gasteiger partial charge in [0.05, 0.1) is 11.1 Å². The molecule has 0 radical (unpaired) electrons. The molecule has 1 aromatic rings. The summed E-state index contributed by atoms with van der Waals surface area (Å²) < 4.78 is 13.2. The van der Waals surface area contributed by atoms with Gasteiger partial charge in [-0.1, -0.05) is 44.4 Å². The van der Waals surface area contributed by atoms with Gasteiger partial charge >= 0.3 is 0 Å². The van der Waals surface area contributed by atoms with E-state index in [1.54, 1.807) is 6.07 Å². The van der Waals surface area contributed by atoms with Gasteiger partial charge in [-0.15, -0.1) is 0 Å². The van der Waals surface area contributed by atoms with Gasteiger partial charge in [-0.25, -0.2) is 4.39 Å². The van der Waals surface area contributed by atoms with Crippen molar-refractivity contribution in [3.05, 3.63) is 34.6 Å². The van der Waals surface area contributed by atoms with Crippen LogP contribution in [-0.2, 0) is 6.42 Å². The second-order valence-corrected chi connectivity index (χ2v) is 5.05. The Kier molecular flexibility index (Phi) is 5.93. The first-order valence-electron chi connectivity index (χ1n) is 6.16. The van der Waals surface area contributed by atoms with Crippen molar-refractivity contribution in [1.29, 1.82) is 0 Å². The number of hydrogen-bond donors (Lipinski definition) is 1. The highest BCUT2D eigenvalue weighted by Crippen LogP contribution is 2.20. The minimum Gasteiger partial charge on any atom is -0.393 e. The Labute approximate surface area is 108 Å². The molecule has 0 aliphatic heterocycles. The van der Waals surface area contributed by atoms with Crippen molar-refractivity contribution < 1.29 is 9.50 Å². The first kappa shape index (κ1) is 14.5. The Morgan fingerprint density at radius 1 is 1.41 bits per heavy atom. The molecule has 0 aromatic heterocycles. The van der Waals surface area contributed by atoms with Crippen molar-refractivity contribution in [2.45, 2.75) is 45.6 Å². The standard InChI is InChI=1S/C14H20ClFO/c1-3-4-5-10(2)14(17)9-11-6-7-12(15)13(16)8-11/h6-8,10,14,17H,3-5,9H2,1-2H3. The van der Waals surface area contributed by atoms with Crippen LogP contribution in [0.15, 0.2) is 18.2 Å². The van der Waals surface area contributed by atoms with Crippen LogP contribution in [0.25, 0.3) is 0 Å². The maximum atomic E-state index is 13.2. The highest BCUT2D eigenvalue weighted by atomic mass is 35.5. The van der Waals surface area contributed by atoms with Gasteiger partial charge in [0.2, 0.25) is 0 Å². The van der Waals surface area contributed by atoms with E-state index in [4.69, 9.17) is 11.6 Å². The average molecular weight is 259 g/mol. The first-order chi connectivity index (χ1) is 8.04. The van der Waals surface area contributed by atoms with Crippen molar-refractivity contribution in [3.63, 3.8) is 0 Å². The number of rotatable bonds is 6. The fourth-order valence-corrected chi connectivity index (χ4v) is 1.95. The molecular formula is C14H20ClFO. The molecule has 1 nitrogen and oxygen atoms in total. The van der Waals surface area contributed by atoms with Gasteiger partial charge in [-0.05, 0) is 36.5 Å². The average Bonchev–Trinajstić information content (AvgIpc) is 2.30. The quantitative estimate of drug-likeness (QED) is 0.810. The van der Waals surface area contributed by atoms with Gasteiger partial charge < -0.3 is 5.11 Å². The van der Waals surface area contributed by atoms with Gasteiger partial charge in [-0.2, -0.15) is 0 Å². The van der Waals surface area contributed by atoms with Crippen LogP contribution in [0, 0.1) is 11.7 Å². The maximum Gasteiger partial charge on any atom is 0.142 e. The largest absolute Gasteiger partial charge is 0.393 e. The summed E-state index contributed by atoms with van der Waals surface area (Å²) in [5.74, 6) is -0.175. The van der Waals surface area contributed by atoms with Crippen LogP contribution in [0.2, 0.25) is 5.02 Å². The molecule has 0 fully saturated rings. The van der Waals surface area contributed by atoms with E-state index in [1.165, 1.54) is 12.1 Å². The van der Waals surface area contributed by atoms with Crippen molar-refractivity contribution in [2.24, 2.45) is 5.92 Å². The summed E-state index contributed by atoms with van der Waals surface area (Å²) in [5, 5.41) is 10.1. The summed E-state index contributed by atoms with van der Waals surface area (Å²) in [4.78, 5) is 0. The monoisotopic (exact) mass is 258 g/mol. The number of unbranched alkanes of at least 4 members (excludes halogenated alkanes) is 1. The van der Waals surface area contributed by atoms with Crippen molar-refractivity contribution >= 4 is 11.6 Å². The Hall–Kier alpha value is -0.600. The molecule has 0 heterocycles. The summed E-state index contributed by atoms with van der Waals surface area (Å²) in [6, 6.07) is 4.70. The van der Waals surface area contributed by atoms with Gasteiger partial charge in [0.1, 0.15) is 5.82 Å². The van der Waals surface area contributed by atoms with E-state index in [2.05, 4.69) is 6.92 Å². The zero-order valence-corrected chi connectivity index (χ0v) is 11.2. The van der Waals surface area contributed by atoms with Gasteiger partial charge in [0.15, 0.2) is 0 Å². The van der Waals surface area contributed by atoms with Gasteiger partial charge in [-0.3, -0.25) is 0 Å². The van der Waals surface area contributed by atoms with E-state index in [-0.39, 0.29) is 10.9 Å². The summed E-state index contributed by atoms with van der Waals surface area (Å²) in [6.45, 7) is 4.17. The molecule has 0 saturated heterocycles. The minimum absolute atomic E-state index is 0.127. The number of benzene rings is 1. The van der Waals surface area contributed by atoms with Crippen LogP contribution >= 0.6 is 11.6 Å². The molecule has 0 bridgehead atoms. The van der Waals surface area contributed by atoms with E-state index < -0.39 is 11.9 Å². The molecule has 0 aliphatic rings. The molecule has 0 spiro atoms. The molecule has 3 heteroatoms. The highest BCUT2D eigenvalue weighted by molar-refractivity contribution is 6.30. The van der Waals surface area contributed by atoms with Crippen molar-refractivity contribution in [1.82, 2.24) is 0 Å². The lowest BCUT2D eigenvalue weighted by Crippen LogP contribution is -2.20. The second-order valence-electron chi connectivity index (χ2n) is 4.64. The Morgan fingerprint density at radius 2 is 2.12 bits per heavy atom. The van der Waals surface area contributed by atoms with Crippen LogP contribution in [0.1, 0.15) is 38.7 Å². The molecule has 17 heavy (non-hydrogen) atoms. The zero-order chi connectivity index (χ0) is 12.8. The maximum absolute atomic E-state index is 13.2. The summed E-state index contributed by atoms with van der Waals surface area (Å²) in [5.41, 5.74) is 0.794. The predicted molar refractivity (Wildman–Crippen MR) is 69.8 cm³/mol. The van der Waals surface area contributed by atoms with E-state index in [0.717, 1.165) is 24.8 Å². The topological polar surface area (TPSA) is 20.2 Å². The Morgan fingerprint density at radius 3 is 2.71 bits per heavy atom. The Balaban J connectivity index is 2.55. The van der Waals surface area contributed by atoms with Crippen molar-refractivity contribution in [3.8, 4) is 0 Å². The summed E-state index contributed by atoms with van der Waals surface area (Å²) in [7, 11) is 0. The molecule has 2 unspecified atom stereocenters. The van der Waals surface area contributed by atoms with Gasteiger partial charge in [0, 0.05) is 0 Å². The van der Waals surface area contributed by atoms with E-state index in [9.17, 15) is 9.50 Å². The SMILES string of the molecule is CCCCC(C)C(O)Cc1ccc(Cl)c(F)c1. The second kappa shape index (κ2) is 6.97. The highest BCUT2D eigenvalue weighted by Gasteiger charge is 2.14.